The van der Waals surface area contributed by atoms with Crippen LogP contribution in [0.2, 0.25) is 0 Å². The largest absolute Gasteiger partial charge is 0.394 e. The third-order valence-corrected chi connectivity index (χ3v) is 3.19. The Morgan fingerprint density at radius 3 is 2.71 bits per heavy atom. The van der Waals surface area contributed by atoms with Crippen molar-refractivity contribution in [2.45, 2.75) is 25.3 Å². The summed E-state index contributed by atoms with van der Waals surface area (Å²) in [4.78, 5) is 13.9. The number of hydrogen-bond acceptors (Lipinski definition) is 2. The molecule has 1 atom stereocenters. The van der Waals surface area contributed by atoms with Gasteiger partial charge in [-0.15, -0.1) is 0 Å². The quantitative estimate of drug-likeness (QED) is 0.852. The number of carbonyl (C=O) groups is 1. The van der Waals surface area contributed by atoms with Gasteiger partial charge in [-0.1, -0.05) is 0 Å². The summed E-state index contributed by atoms with van der Waals surface area (Å²) < 4.78 is 12.8. The molecule has 1 unspecified atom stereocenters. The average Bonchev–Trinajstić information content (AvgIpc) is 2.39. The summed E-state index contributed by atoms with van der Waals surface area (Å²) in [5.74, 6) is -0.470. The van der Waals surface area contributed by atoms with Crippen LogP contribution in [0.1, 0.15) is 29.6 Å². The molecule has 1 saturated heterocycles. The number of aliphatic hydroxyl groups is 1. The van der Waals surface area contributed by atoms with Gasteiger partial charge in [0.25, 0.3) is 5.91 Å². The summed E-state index contributed by atoms with van der Waals surface area (Å²) in [7, 11) is 0. The van der Waals surface area contributed by atoms with Crippen molar-refractivity contribution in [1.29, 1.82) is 0 Å². The van der Waals surface area contributed by atoms with Gasteiger partial charge < -0.3 is 10.0 Å². The topological polar surface area (TPSA) is 40.5 Å². The summed E-state index contributed by atoms with van der Waals surface area (Å²) in [6.45, 7) is 0.661. The molecule has 3 nitrogen and oxygen atoms in total. The van der Waals surface area contributed by atoms with E-state index in [-0.39, 0.29) is 24.4 Å². The lowest BCUT2D eigenvalue weighted by Crippen LogP contribution is -2.45. The maximum Gasteiger partial charge on any atom is 0.254 e. The Hall–Kier alpha value is -1.42. The molecule has 1 N–H and O–H groups in total. The maximum absolute atomic E-state index is 12.8. The monoisotopic (exact) mass is 237 g/mol. The number of aliphatic hydroxyl groups excluding tert-OH is 1. The summed E-state index contributed by atoms with van der Waals surface area (Å²) >= 11 is 0. The zero-order chi connectivity index (χ0) is 12.3. The van der Waals surface area contributed by atoms with E-state index in [4.69, 9.17) is 0 Å². The Labute approximate surface area is 99.9 Å². The number of halogens is 1. The second-order valence-corrected chi connectivity index (χ2v) is 4.34. The SMILES string of the molecule is O=C(c1ccc(F)cc1)N1CCCCC1CO. The van der Waals surface area contributed by atoms with Crippen LogP contribution in [0.5, 0.6) is 0 Å². The van der Waals surface area contributed by atoms with E-state index in [2.05, 4.69) is 0 Å². The molecule has 0 saturated carbocycles. The number of benzene rings is 1. The summed E-state index contributed by atoms with van der Waals surface area (Å²) in [5, 5.41) is 9.25. The van der Waals surface area contributed by atoms with Gasteiger partial charge in [0, 0.05) is 12.1 Å². The highest BCUT2D eigenvalue weighted by Gasteiger charge is 2.26. The average molecular weight is 237 g/mol. The summed E-state index contributed by atoms with van der Waals surface area (Å²) in [5.41, 5.74) is 0.478. The molecule has 1 aliphatic heterocycles. The molecule has 0 spiro atoms. The molecule has 0 aliphatic carbocycles. The van der Waals surface area contributed by atoms with Crippen molar-refractivity contribution < 1.29 is 14.3 Å². The van der Waals surface area contributed by atoms with Gasteiger partial charge in [-0.05, 0) is 43.5 Å². The van der Waals surface area contributed by atoms with E-state index < -0.39 is 0 Å². The Morgan fingerprint density at radius 1 is 1.35 bits per heavy atom. The minimum absolute atomic E-state index is 0.00701. The maximum atomic E-state index is 12.8. The van der Waals surface area contributed by atoms with Gasteiger partial charge in [-0.3, -0.25) is 4.79 Å². The van der Waals surface area contributed by atoms with Gasteiger partial charge >= 0.3 is 0 Å². The van der Waals surface area contributed by atoms with E-state index in [1.54, 1.807) is 4.90 Å². The molecule has 1 aromatic rings. The van der Waals surface area contributed by atoms with Gasteiger partial charge in [0.1, 0.15) is 5.82 Å². The molecule has 1 heterocycles. The highest BCUT2D eigenvalue weighted by molar-refractivity contribution is 5.94. The van der Waals surface area contributed by atoms with Crippen LogP contribution >= 0.6 is 0 Å². The standard InChI is InChI=1S/C13H16FNO2/c14-11-6-4-10(5-7-11)13(17)15-8-2-1-3-12(15)9-16/h4-7,12,16H,1-3,8-9H2. The molecule has 1 fully saturated rings. The van der Waals surface area contributed by atoms with Crippen LogP contribution in [0, 0.1) is 5.82 Å². The molecule has 0 radical (unpaired) electrons. The fourth-order valence-electron chi connectivity index (χ4n) is 2.22. The van der Waals surface area contributed by atoms with Crippen molar-refractivity contribution in [2.24, 2.45) is 0 Å². The van der Waals surface area contributed by atoms with Crippen molar-refractivity contribution in [2.75, 3.05) is 13.2 Å². The molecule has 1 amide bonds. The predicted octanol–water partition coefficient (Wildman–Crippen LogP) is 1.81. The number of carbonyl (C=O) groups excluding carboxylic acids is 1. The molecule has 92 valence electrons. The van der Waals surface area contributed by atoms with Crippen LogP contribution in [0.25, 0.3) is 0 Å². The van der Waals surface area contributed by atoms with Crippen molar-refractivity contribution in [1.82, 2.24) is 4.90 Å². The minimum Gasteiger partial charge on any atom is -0.394 e. The molecule has 1 aromatic carbocycles. The van der Waals surface area contributed by atoms with Crippen LogP contribution in [-0.2, 0) is 0 Å². The first-order valence-corrected chi connectivity index (χ1v) is 5.90. The van der Waals surface area contributed by atoms with Crippen LogP contribution in [0.3, 0.4) is 0 Å². The molecule has 4 heteroatoms. The van der Waals surface area contributed by atoms with E-state index in [0.717, 1.165) is 19.3 Å². The van der Waals surface area contributed by atoms with E-state index in [1.165, 1.54) is 24.3 Å². The molecular formula is C13H16FNO2. The van der Waals surface area contributed by atoms with Crippen LogP contribution < -0.4 is 0 Å². The number of amides is 1. The number of likely N-dealkylation sites (tertiary alicyclic amines) is 1. The third kappa shape index (κ3) is 2.64. The fourth-order valence-corrected chi connectivity index (χ4v) is 2.22. The van der Waals surface area contributed by atoms with Gasteiger partial charge in [0.05, 0.1) is 12.6 Å². The van der Waals surface area contributed by atoms with E-state index >= 15 is 0 Å². The van der Waals surface area contributed by atoms with E-state index in [1.807, 2.05) is 0 Å². The molecule has 2 rings (SSSR count). The predicted molar refractivity (Wildman–Crippen MR) is 62.2 cm³/mol. The van der Waals surface area contributed by atoms with Gasteiger partial charge in [0.2, 0.25) is 0 Å². The lowest BCUT2D eigenvalue weighted by molar-refractivity contribution is 0.0503. The molecule has 17 heavy (non-hydrogen) atoms. The lowest BCUT2D eigenvalue weighted by Gasteiger charge is -2.34. The van der Waals surface area contributed by atoms with Crippen molar-refractivity contribution in [3.63, 3.8) is 0 Å². The van der Waals surface area contributed by atoms with Gasteiger partial charge in [-0.25, -0.2) is 4.39 Å². The molecule has 1 aliphatic rings. The first kappa shape index (κ1) is 12.0. The zero-order valence-electron chi connectivity index (χ0n) is 9.60. The van der Waals surface area contributed by atoms with E-state index in [9.17, 15) is 14.3 Å². The fraction of sp³-hybridized carbons (Fsp3) is 0.462. The highest BCUT2D eigenvalue weighted by atomic mass is 19.1. The number of piperidine rings is 1. The second-order valence-electron chi connectivity index (χ2n) is 4.34. The Morgan fingerprint density at radius 2 is 2.06 bits per heavy atom. The summed E-state index contributed by atoms with van der Waals surface area (Å²) in [6, 6.07) is 5.44. The number of rotatable bonds is 2. The Balaban J connectivity index is 2.15. The van der Waals surface area contributed by atoms with E-state index in [0.29, 0.717) is 12.1 Å². The highest BCUT2D eigenvalue weighted by Crippen LogP contribution is 2.19. The van der Waals surface area contributed by atoms with Crippen LogP contribution in [-0.4, -0.2) is 35.1 Å². The molecule has 0 bridgehead atoms. The normalized spacial score (nSPS) is 20.4. The third-order valence-electron chi connectivity index (χ3n) is 3.19. The lowest BCUT2D eigenvalue weighted by atomic mass is 10.0. The van der Waals surface area contributed by atoms with Crippen LogP contribution in [0.4, 0.5) is 4.39 Å². The number of hydrogen-bond donors (Lipinski definition) is 1. The second kappa shape index (κ2) is 5.27. The smallest absolute Gasteiger partial charge is 0.254 e. The molecule has 0 aromatic heterocycles. The van der Waals surface area contributed by atoms with Crippen LogP contribution in [0.15, 0.2) is 24.3 Å². The number of nitrogens with zero attached hydrogens (tertiary/aromatic N) is 1. The van der Waals surface area contributed by atoms with Crippen molar-refractivity contribution in [3.05, 3.63) is 35.6 Å². The summed E-state index contributed by atoms with van der Waals surface area (Å²) in [6.07, 6.45) is 2.84. The zero-order valence-corrected chi connectivity index (χ0v) is 9.60. The molecular weight excluding hydrogens is 221 g/mol. The van der Waals surface area contributed by atoms with Crippen molar-refractivity contribution >= 4 is 5.91 Å². The van der Waals surface area contributed by atoms with Crippen molar-refractivity contribution in [3.8, 4) is 0 Å². The first-order chi connectivity index (χ1) is 8.22. The van der Waals surface area contributed by atoms with Gasteiger partial charge in [-0.2, -0.15) is 0 Å². The first-order valence-electron chi connectivity index (χ1n) is 5.90. The minimum atomic E-state index is -0.348. The Bertz CT molecular complexity index is 391. The van der Waals surface area contributed by atoms with Gasteiger partial charge in [0.15, 0.2) is 0 Å². The Kier molecular flexibility index (Phi) is 3.74.